The number of nitrogens with two attached hydrogens (primary N) is 1. The van der Waals surface area contributed by atoms with E-state index in [0.717, 1.165) is 12.8 Å². The van der Waals surface area contributed by atoms with Gasteiger partial charge in [-0.05, 0) is 38.0 Å². The number of carbonyl (C=O) groups is 1. The molecule has 1 aromatic rings. The average Bonchev–Trinajstić information content (AvgIpc) is 2.41. The molecule has 0 heterocycles. The molecule has 0 aromatic heterocycles. The minimum absolute atomic E-state index is 0.368. The highest BCUT2D eigenvalue weighted by molar-refractivity contribution is 5.91. The second-order valence-corrected chi connectivity index (χ2v) is 4.02. The first-order chi connectivity index (χ1) is 9.19. The Bertz CT molecular complexity index is 406. The molecule has 0 radical (unpaired) electrons. The van der Waals surface area contributed by atoms with Gasteiger partial charge in [0.25, 0.3) is 0 Å². The van der Waals surface area contributed by atoms with Crippen molar-refractivity contribution in [2.45, 2.75) is 19.8 Å². The fourth-order valence-electron chi connectivity index (χ4n) is 1.56. The molecule has 5 heteroatoms. The first kappa shape index (κ1) is 15.3. The molecule has 19 heavy (non-hydrogen) atoms. The van der Waals surface area contributed by atoms with Crippen molar-refractivity contribution in [2.75, 3.05) is 32.7 Å². The van der Waals surface area contributed by atoms with Gasteiger partial charge in [0.1, 0.15) is 5.75 Å². The smallest absolute Gasteiger partial charge is 0.338 e. The summed E-state index contributed by atoms with van der Waals surface area (Å²) >= 11 is 0. The summed E-state index contributed by atoms with van der Waals surface area (Å²) in [5.41, 5.74) is 6.67. The van der Waals surface area contributed by atoms with Gasteiger partial charge in [0.15, 0.2) is 0 Å². The van der Waals surface area contributed by atoms with Crippen LogP contribution in [0.4, 0.5) is 5.69 Å². The van der Waals surface area contributed by atoms with Crippen LogP contribution in [-0.4, -0.2) is 32.9 Å². The van der Waals surface area contributed by atoms with Crippen molar-refractivity contribution in [3.8, 4) is 5.75 Å². The Balaban J connectivity index is 2.46. The molecule has 106 valence electrons. The minimum atomic E-state index is -0.368. The number of anilines is 1. The number of benzene rings is 1. The van der Waals surface area contributed by atoms with Crippen molar-refractivity contribution < 1.29 is 19.0 Å². The molecule has 0 amide bonds. The highest BCUT2D eigenvalue weighted by Crippen LogP contribution is 2.22. The topological polar surface area (TPSA) is 70.8 Å². The van der Waals surface area contributed by atoms with Crippen molar-refractivity contribution in [3.05, 3.63) is 23.8 Å². The van der Waals surface area contributed by atoms with E-state index < -0.39 is 0 Å². The summed E-state index contributed by atoms with van der Waals surface area (Å²) in [6, 6.07) is 4.90. The van der Waals surface area contributed by atoms with Gasteiger partial charge in [0, 0.05) is 13.7 Å². The summed E-state index contributed by atoms with van der Waals surface area (Å²) in [6.07, 6.45) is 1.65. The lowest BCUT2D eigenvalue weighted by atomic mass is 10.2. The molecule has 2 N–H and O–H groups in total. The van der Waals surface area contributed by atoms with E-state index in [1.165, 1.54) is 0 Å². The zero-order chi connectivity index (χ0) is 14.1. The van der Waals surface area contributed by atoms with Crippen LogP contribution >= 0.6 is 0 Å². The molecule has 0 aliphatic rings. The Morgan fingerprint density at radius 1 is 1.26 bits per heavy atom. The van der Waals surface area contributed by atoms with Gasteiger partial charge < -0.3 is 19.9 Å². The monoisotopic (exact) mass is 267 g/mol. The Morgan fingerprint density at radius 3 is 2.63 bits per heavy atom. The third-order valence-corrected chi connectivity index (χ3v) is 2.52. The molecular formula is C14H21NO4. The number of carbonyl (C=O) groups excluding carboxylic acids is 1. The second kappa shape index (κ2) is 8.37. The predicted molar refractivity (Wildman–Crippen MR) is 73.4 cm³/mol. The van der Waals surface area contributed by atoms with Gasteiger partial charge in [0.05, 0.1) is 24.5 Å². The lowest BCUT2D eigenvalue weighted by molar-refractivity contribution is 0.0489. The first-order valence-corrected chi connectivity index (χ1v) is 6.37. The van der Waals surface area contributed by atoms with Crippen LogP contribution in [0.25, 0.3) is 0 Å². The molecule has 0 unspecified atom stereocenters. The van der Waals surface area contributed by atoms with Crippen molar-refractivity contribution >= 4 is 11.7 Å². The van der Waals surface area contributed by atoms with Crippen molar-refractivity contribution in [2.24, 2.45) is 0 Å². The van der Waals surface area contributed by atoms with E-state index in [1.807, 2.05) is 6.92 Å². The number of hydrogen-bond acceptors (Lipinski definition) is 5. The molecule has 1 aromatic carbocycles. The maximum Gasteiger partial charge on any atom is 0.338 e. The largest absolute Gasteiger partial charge is 0.492 e. The summed E-state index contributed by atoms with van der Waals surface area (Å²) < 4.78 is 15.4. The lowest BCUT2D eigenvalue weighted by Gasteiger charge is -2.09. The van der Waals surface area contributed by atoms with E-state index >= 15 is 0 Å². The Morgan fingerprint density at radius 2 is 2.00 bits per heavy atom. The maximum atomic E-state index is 11.7. The van der Waals surface area contributed by atoms with E-state index in [2.05, 4.69) is 0 Å². The zero-order valence-corrected chi connectivity index (χ0v) is 11.5. The molecule has 0 atom stereocenters. The predicted octanol–water partition coefficient (Wildman–Crippen LogP) is 2.25. The third-order valence-electron chi connectivity index (χ3n) is 2.52. The molecule has 0 spiro atoms. The quantitative estimate of drug-likeness (QED) is 0.444. The Labute approximate surface area is 113 Å². The van der Waals surface area contributed by atoms with Crippen LogP contribution in [-0.2, 0) is 9.47 Å². The van der Waals surface area contributed by atoms with Crippen LogP contribution in [0.15, 0.2) is 18.2 Å². The van der Waals surface area contributed by atoms with Gasteiger partial charge in [-0.25, -0.2) is 4.79 Å². The van der Waals surface area contributed by atoms with Gasteiger partial charge in [0.2, 0.25) is 0 Å². The summed E-state index contributed by atoms with van der Waals surface area (Å²) in [7, 11) is 1.65. The molecule has 0 aliphatic carbocycles. The number of hydrogen-bond donors (Lipinski definition) is 1. The van der Waals surface area contributed by atoms with Crippen molar-refractivity contribution in [1.82, 2.24) is 0 Å². The van der Waals surface area contributed by atoms with Crippen molar-refractivity contribution in [1.29, 1.82) is 0 Å². The fourth-order valence-corrected chi connectivity index (χ4v) is 1.56. The summed E-state index contributed by atoms with van der Waals surface area (Å²) in [5.74, 6) is 0.214. The summed E-state index contributed by atoms with van der Waals surface area (Å²) in [4.78, 5) is 11.7. The average molecular weight is 267 g/mol. The highest BCUT2D eigenvalue weighted by Gasteiger charge is 2.09. The maximum absolute atomic E-state index is 11.7. The number of nitrogen functional groups attached to an aromatic ring is 1. The fraction of sp³-hybridized carbons (Fsp3) is 0.500. The molecule has 1 rings (SSSR count). The number of ether oxygens (including phenoxy) is 3. The summed E-state index contributed by atoms with van der Waals surface area (Å²) in [5, 5.41) is 0. The van der Waals surface area contributed by atoms with Gasteiger partial charge in [-0.3, -0.25) is 0 Å². The standard InChI is InChI=1S/C14H21NO4/c1-3-18-13-7-6-11(10-12(13)15)14(16)19-9-5-4-8-17-2/h6-7,10H,3-5,8-9,15H2,1-2H3. The molecule has 0 saturated carbocycles. The third kappa shape index (κ3) is 5.18. The SMILES string of the molecule is CCOc1ccc(C(=O)OCCCCOC)cc1N. The van der Waals surface area contributed by atoms with Crippen LogP contribution in [0.1, 0.15) is 30.1 Å². The van der Waals surface area contributed by atoms with Gasteiger partial charge >= 0.3 is 5.97 Å². The molecule has 0 fully saturated rings. The van der Waals surface area contributed by atoms with Gasteiger partial charge in [-0.1, -0.05) is 0 Å². The van der Waals surface area contributed by atoms with Crippen LogP contribution in [0.2, 0.25) is 0 Å². The lowest BCUT2D eigenvalue weighted by Crippen LogP contribution is -2.08. The second-order valence-electron chi connectivity index (χ2n) is 4.02. The first-order valence-electron chi connectivity index (χ1n) is 6.37. The van der Waals surface area contributed by atoms with Gasteiger partial charge in [-0.2, -0.15) is 0 Å². The van der Waals surface area contributed by atoms with E-state index in [-0.39, 0.29) is 5.97 Å². The number of esters is 1. The van der Waals surface area contributed by atoms with E-state index in [9.17, 15) is 4.79 Å². The minimum Gasteiger partial charge on any atom is -0.492 e. The van der Waals surface area contributed by atoms with Crippen LogP contribution < -0.4 is 10.5 Å². The van der Waals surface area contributed by atoms with Crippen LogP contribution in [0, 0.1) is 0 Å². The van der Waals surface area contributed by atoms with E-state index in [1.54, 1.807) is 25.3 Å². The van der Waals surface area contributed by atoms with E-state index in [4.69, 9.17) is 19.9 Å². The van der Waals surface area contributed by atoms with Crippen LogP contribution in [0.5, 0.6) is 5.75 Å². The Kier molecular flexibility index (Phi) is 6.74. The van der Waals surface area contributed by atoms with Crippen LogP contribution in [0.3, 0.4) is 0 Å². The van der Waals surface area contributed by atoms with E-state index in [0.29, 0.717) is 36.8 Å². The molecule has 0 bridgehead atoms. The van der Waals surface area contributed by atoms with Gasteiger partial charge in [-0.15, -0.1) is 0 Å². The number of unbranched alkanes of at least 4 members (excludes halogenated alkanes) is 1. The molecule has 0 saturated heterocycles. The number of rotatable bonds is 8. The number of methoxy groups -OCH3 is 1. The molecule has 5 nitrogen and oxygen atoms in total. The highest BCUT2D eigenvalue weighted by atomic mass is 16.5. The molecule has 0 aliphatic heterocycles. The molecular weight excluding hydrogens is 246 g/mol. The van der Waals surface area contributed by atoms with Crippen molar-refractivity contribution in [3.63, 3.8) is 0 Å². The zero-order valence-electron chi connectivity index (χ0n) is 11.5. The summed E-state index contributed by atoms with van der Waals surface area (Å²) in [6.45, 7) is 3.47. The normalized spacial score (nSPS) is 10.2. The Hall–Kier alpha value is -1.75.